The highest BCUT2D eigenvalue weighted by atomic mass is 32.1. The van der Waals surface area contributed by atoms with E-state index in [4.69, 9.17) is 9.47 Å². The predicted octanol–water partition coefficient (Wildman–Crippen LogP) is 4.28. The van der Waals surface area contributed by atoms with Crippen LogP contribution in [0.5, 0.6) is 5.75 Å². The van der Waals surface area contributed by atoms with Crippen molar-refractivity contribution < 1.29 is 19.1 Å². The quantitative estimate of drug-likeness (QED) is 0.519. The summed E-state index contributed by atoms with van der Waals surface area (Å²) in [5.41, 5.74) is 1.18. The standard InChI is InChI=1S/C24H35N3O4S/c1-16(2)12-25-13-22(28)21(27-23(29)31-24(4,5)6)11-18-7-9-20(10-8-18)30-14-19-15-32-17(3)26-19/h7-10,15-16,21,25H,11-14H2,1-6H3,(H,27,29). The number of amides is 1. The number of rotatable bonds is 11. The van der Waals surface area contributed by atoms with Crippen molar-refractivity contribution in [3.8, 4) is 5.75 Å². The average Bonchev–Trinajstić information content (AvgIpc) is 3.10. The van der Waals surface area contributed by atoms with Gasteiger partial charge in [-0.3, -0.25) is 4.79 Å². The molecule has 1 aromatic heterocycles. The van der Waals surface area contributed by atoms with Crippen LogP contribution in [0.2, 0.25) is 0 Å². The van der Waals surface area contributed by atoms with E-state index in [9.17, 15) is 9.59 Å². The molecule has 1 heterocycles. The Morgan fingerprint density at radius 2 is 1.84 bits per heavy atom. The molecular weight excluding hydrogens is 426 g/mol. The lowest BCUT2D eigenvalue weighted by atomic mass is 10.0. The highest BCUT2D eigenvalue weighted by Crippen LogP contribution is 2.17. The lowest BCUT2D eigenvalue weighted by molar-refractivity contribution is -0.120. The average molecular weight is 462 g/mol. The number of ether oxygens (including phenoxy) is 2. The second kappa shape index (κ2) is 12.0. The number of aryl methyl sites for hydroxylation is 1. The number of ketones is 1. The van der Waals surface area contributed by atoms with Crippen LogP contribution in [0, 0.1) is 12.8 Å². The summed E-state index contributed by atoms with van der Waals surface area (Å²) in [5.74, 6) is 1.07. The van der Waals surface area contributed by atoms with Gasteiger partial charge in [-0.1, -0.05) is 26.0 Å². The van der Waals surface area contributed by atoms with Gasteiger partial charge in [0.1, 0.15) is 18.0 Å². The summed E-state index contributed by atoms with van der Waals surface area (Å²) in [6, 6.07) is 6.84. The van der Waals surface area contributed by atoms with Crippen LogP contribution in [0.3, 0.4) is 0 Å². The zero-order valence-corrected chi connectivity index (χ0v) is 20.7. The molecule has 1 amide bonds. The van der Waals surface area contributed by atoms with E-state index in [1.807, 2.05) is 36.6 Å². The molecule has 2 aromatic rings. The number of hydrogen-bond acceptors (Lipinski definition) is 7. The zero-order chi connectivity index (χ0) is 23.7. The van der Waals surface area contributed by atoms with Gasteiger partial charge in [-0.05, 0) is 64.3 Å². The van der Waals surface area contributed by atoms with Crippen molar-refractivity contribution in [1.82, 2.24) is 15.6 Å². The molecule has 176 valence electrons. The molecule has 0 aliphatic rings. The van der Waals surface area contributed by atoms with Crippen molar-refractivity contribution in [2.24, 2.45) is 5.92 Å². The van der Waals surface area contributed by atoms with Crippen LogP contribution in [0.1, 0.15) is 50.9 Å². The first-order valence-electron chi connectivity index (χ1n) is 10.9. The second-order valence-electron chi connectivity index (χ2n) is 9.18. The molecule has 0 aliphatic heterocycles. The smallest absolute Gasteiger partial charge is 0.408 e. The van der Waals surface area contributed by atoms with Gasteiger partial charge >= 0.3 is 6.09 Å². The Hall–Kier alpha value is -2.45. The first-order chi connectivity index (χ1) is 15.0. The molecular formula is C24H35N3O4S. The first kappa shape index (κ1) is 25.8. The van der Waals surface area contributed by atoms with E-state index in [0.29, 0.717) is 18.9 Å². The third kappa shape index (κ3) is 9.78. The van der Waals surface area contributed by atoms with Crippen molar-refractivity contribution in [3.63, 3.8) is 0 Å². The fraction of sp³-hybridized carbons (Fsp3) is 0.542. The summed E-state index contributed by atoms with van der Waals surface area (Å²) in [4.78, 5) is 29.5. The number of carbonyl (C=O) groups excluding carboxylic acids is 2. The molecule has 1 unspecified atom stereocenters. The zero-order valence-electron chi connectivity index (χ0n) is 19.9. The van der Waals surface area contributed by atoms with Crippen molar-refractivity contribution >= 4 is 23.2 Å². The summed E-state index contributed by atoms with van der Waals surface area (Å²) in [5, 5.41) is 8.87. The maximum absolute atomic E-state index is 12.8. The molecule has 32 heavy (non-hydrogen) atoms. The number of alkyl carbamates (subject to hydrolysis) is 1. The van der Waals surface area contributed by atoms with Crippen molar-refractivity contribution in [2.75, 3.05) is 13.1 Å². The second-order valence-corrected chi connectivity index (χ2v) is 10.2. The molecule has 7 nitrogen and oxygen atoms in total. The SMILES string of the molecule is Cc1nc(COc2ccc(CC(NC(=O)OC(C)(C)C)C(=O)CNCC(C)C)cc2)cs1. The summed E-state index contributed by atoms with van der Waals surface area (Å²) in [6.07, 6.45) is -0.231. The molecule has 2 N–H and O–H groups in total. The molecule has 0 bridgehead atoms. The third-order valence-corrected chi connectivity index (χ3v) is 5.17. The van der Waals surface area contributed by atoms with Gasteiger partial charge in [0.15, 0.2) is 5.78 Å². The largest absolute Gasteiger partial charge is 0.487 e. The van der Waals surface area contributed by atoms with Gasteiger partial charge in [-0.2, -0.15) is 0 Å². The van der Waals surface area contributed by atoms with Gasteiger partial charge < -0.3 is 20.1 Å². The number of nitrogens with one attached hydrogen (secondary N) is 2. The molecule has 0 spiro atoms. The fourth-order valence-corrected chi connectivity index (χ4v) is 3.49. The minimum Gasteiger partial charge on any atom is -0.487 e. The summed E-state index contributed by atoms with van der Waals surface area (Å²) in [7, 11) is 0. The molecule has 8 heteroatoms. The summed E-state index contributed by atoms with van der Waals surface area (Å²) >= 11 is 1.59. The minimum atomic E-state index is -0.686. The number of nitrogens with zero attached hydrogens (tertiary/aromatic N) is 1. The topological polar surface area (TPSA) is 89.6 Å². The minimum absolute atomic E-state index is 0.0873. The van der Waals surface area contributed by atoms with Crippen LogP contribution in [0.25, 0.3) is 0 Å². The van der Waals surface area contributed by atoms with Crippen molar-refractivity contribution in [3.05, 3.63) is 45.9 Å². The van der Waals surface area contributed by atoms with Crippen LogP contribution in [0.4, 0.5) is 4.79 Å². The van der Waals surface area contributed by atoms with E-state index in [1.54, 1.807) is 32.1 Å². The van der Waals surface area contributed by atoms with Crippen molar-refractivity contribution in [2.45, 2.75) is 66.2 Å². The Morgan fingerprint density at radius 3 is 2.41 bits per heavy atom. The van der Waals surface area contributed by atoms with Gasteiger partial charge in [0.05, 0.1) is 23.3 Å². The van der Waals surface area contributed by atoms with Crippen LogP contribution < -0.4 is 15.4 Å². The van der Waals surface area contributed by atoms with E-state index in [0.717, 1.165) is 28.6 Å². The van der Waals surface area contributed by atoms with Crippen LogP contribution >= 0.6 is 11.3 Å². The lowest BCUT2D eigenvalue weighted by Gasteiger charge is -2.23. The number of carbonyl (C=O) groups is 2. The van der Waals surface area contributed by atoms with E-state index in [-0.39, 0.29) is 12.3 Å². The van der Waals surface area contributed by atoms with Gasteiger partial charge in [0.25, 0.3) is 0 Å². The third-order valence-electron chi connectivity index (χ3n) is 4.35. The van der Waals surface area contributed by atoms with Gasteiger partial charge in [0.2, 0.25) is 0 Å². The highest BCUT2D eigenvalue weighted by Gasteiger charge is 2.24. The number of Topliss-reactive ketones (excluding diaryl/α,β-unsaturated/α-hetero) is 1. The number of benzene rings is 1. The Kier molecular flexibility index (Phi) is 9.65. The number of thiazole rings is 1. The molecule has 2 rings (SSSR count). The predicted molar refractivity (Wildman–Crippen MR) is 127 cm³/mol. The molecule has 0 saturated heterocycles. The van der Waals surface area contributed by atoms with Crippen LogP contribution in [-0.2, 0) is 22.6 Å². The molecule has 0 radical (unpaired) electrons. The van der Waals surface area contributed by atoms with E-state index >= 15 is 0 Å². The normalized spacial score (nSPS) is 12.5. The van der Waals surface area contributed by atoms with Crippen LogP contribution in [0.15, 0.2) is 29.6 Å². The Labute approximate surface area is 194 Å². The van der Waals surface area contributed by atoms with Gasteiger partial charge in [-0.15, -0.1) is 11.3 Å². The Morgan fingerprint density at radius 1 is 1.16 bits per heavy atom. The lowest BCUT2D eigenvalue weighted by Crippen LogP contribution is -2.47. The first-order valence-corrected chi connectivity index (χ1v) is 11.8. The number of aromatic nitrogens is 1. The van der Waals surface area contributed by atoms with E-state index < -0.39 is 17.7 Å². The Bertz CT molecular complexity index is 872. The monoisotopic (exact) mass is 461 g/mol. The fourth-order valence-electron chi connectivity index (χ4n) is 2.89. The highest BCUT2D eigenvalue weighted by molar-refractivity contribution is 7.09. The molecule has 0 fully saturated rings. The molecule has 0 aliphatic carbocycles. The molecule has 1 aromatic carbocycles. The van der Waals surface area contributed by atoms with Gasteiger partial charge in [0, 0.05) is 5.38 Å². The number of hydrogen-bond donors (Lipinski definition) is 2. The van der Waals surface area contributed by atoms with E-state index in [1.165, 1.54) is 0 Å². The van der Waals surface area contributed by atoms with E-state index in [2.05, 4.69) is 29.5 Å². The van der Waals surface area contributed by atoms with Crippen LogP contribution in [-0.4, -0.2) is 41.6 Å². The maximum Gasteiger partial charge on any atom is 0.408 e. The maximum atomic E-state index is 12.8. The summed E-state index contributed by atoms with van der Waals surface area (Å²) < 4.78 is 11.1. The molecule has 1 atom stereocenters. The Balaban J connectivity index is 1.99. The van der Waals surface area contributed by atoms with Crippen molar-refractivity contribution in [1.29, 1.82) is 0 Å². The molecule has 0 saturated carbocycles. The van der Waals surface area contributed by atoms with Gasteiger partial charge in [-0.25, -0.2) is 9.78 Å². The summed E-state index contributed by atoms with van der Waals surface area (Å²) in [6.45, 7) is 12.8.